The number of benzene rings is 1. The predicted octanol–water partition coefficient (Wildman–Crippen LogP) is 5.02. The van der Waals surface area contributed by atoms with Gasteiger partial charge < -0.3 is 14.7 Å². The van der Waals surface area contributed by atoms with Gasteiger partial charge in [-0.3, -0.25) is 4.98 Å². The largest absolute Gasteiger partial charge is 0.487 e. The van der Waals surface area contributed by atoms with E-state index in [0.29, 0.717) is 59.7 Å². The van der Waals surface area contributed by atoms with Crippen molar-refractivity contribution < 1.29 is 23.0 Å². The molecule has 11 heteroatoms. The molecule has 200 valence electrons. The summed E-state index contributed by atoms with van der Waals surface area (Å²) in [7, 11) is 0. The van der Waals surface area contributed by atoms with Crippen molar-refractivity contribution >= 4 is 16.9 Å². The Morgan fingerprint density at radius 2 is 1.87 bits per heavy atom. The van der Waals surface area contributed by atoms with Crippen LogP contribution in [0.4, 0.5) is 19.0 Å². The monoisotopic (exact) mass is 526 g/mol. The maximum atomic E-state index is 14.1. The highest BCUT2D eigenvalue weighted by molar-refractivity contribution is 5.83. The van der Waals surface area contributed by atoms with Gasteiger partial charge in [-0.15, -0.1) is 0 Å². The molecular weight excluding hydrogens is 497 g/mol. The average Bonchev–Trinajstić information content (AvgIpc) is 3.38. The molecule has 1 N–H and O–H groups in total. The third-order valence-corrected chi connectivity index (χ3v) is 7.01. The normalized spacial score (nSPS) is 15.7. The first-order chi connectivity index (χ1) is 18.1. The zero-order valence-electron chi connectivity index (χ0n) is 21.4. The van der Waals surface area contributed by atoms with Crippen LogP contribution in [0.1, 0.15) is 45.2 Å². The quantitative estimate of drug-likeness (QED) is 0.362. The lowest BCUT2D eigenvalue weighted by atomic mass is 9.89. The second-order valence-electron chi connectivity index (χ2n) is 10.1. The molecule has 0 radical (unpaired) electrons. The van der Waals surface area contributed by atoms with Gasteiger partial charge in [0.1, 0.15) is 23.1 Å². The third kappa shape index (κ3) is 5.28. The Morgan fingerprint density at radius 3 is 2.53 bits per heavy atom. The van der Waals surface area contributed by atoms with Gasteiger partial charge in [0, 0.05) is 55.4 Å². The lowest BCUT2D eigenvalue weighted by Crippen LogP contribution is -2.39. The molecule has 8 nitrogen and oxygen atoms in total. The topological polar surface area (TPSA) is 89.2 Å². The lowest BCUT2D eigenvalue weighted by molar-refractivity contribution is 0.0546. The number of alkyl halides is 1. The van der Waals surface area contributed by atoms with E-state index >= 15 is 0 Å². The van der Waals surface area contributed by atoms with E-state index in [1.54, 1.807) is 32.4 Å². The van der Waals surface area contributed by atoms with Crippen molar-refractivity contribution in [3.63, 3.8) is 0 Å². The summed E-state index contributed by atoms with van der Waals surface area (Å²) in [6, 6.07) is 5.11. The Morgan fingerprint density at radius 1 is 1.11 bits per heavy atom. The molecule has 1 aromatic carbocycles. The van der Waals surface area contributed by atoms with E-state index in [1.807, 2.05) is 13.0 Å². The minimum atomic E-state index is -0.969. The molecule has 0 saturated carbocycles. The number of aromatic nitrogens is 5. The van der Waals surface area contributed by atoms with Crippen molar-refractivity contribution in [2.24, 2.45) is 0 Å². The molecule has 5 rings (SSSR count). The highest BCUT2D eigenvalue weighted by Crippen LogP contribution is 2.34. The van der Waals surface area contributed by atoms with Gasteiger partial charge in [0.25, 0.3) is 0 Å². The van der Waals surface area contributed by atoms with Crippen molar-refractivity contribution in [1.82, 2.24) is 24.7 Å². The summed E-state index contributed by atoms with van der Waals surface area (Å²) in [4.78, 5) is 16.3. The molecule has 0 spiro atoms. The van der Waals surface area contributed by atoms with Crippen LogP contribution in [0.5, 0.6) is 5.75 Å². The van der Waals surface area contributed by atoms with Crippen LogP contribution in [0, 0.1) is 11.6 Å². The number of rotatable bonds is 7. The number of fused-ring (bicyclic) bond motifs is 1. The maximum Gasteiger partial charge on any atom is 0.181 e. The second-order valence-corrected chi connectivity index (χ2v) is 10.1. The molecular formula is C27H29F3N6O2. The fraction of sp³-hybridized carbons (Fsp3) is 0.407. The fourth-order valence-corrected chi connectivity index (χ4v) is 4.47. The zero-order chi connectivity index (χ0) is 27.0. The minimum absolute atomic E-state index is 0.0237. The Kier molecular flexibility index (Phi) is 6.95. The standard InChI is InChI=1S/C27H29F3N6O2/c1-16(27(2,3)37)21-11-22-23(13-31-21)33-25(17-12-32-36(14-17)15-28)26(34-22)35-8-6-19(7-9-35)38-24-5-4-18(29)10-20(24)30/h4-5,10-14,16,19,37H,6-9,15H2,1-3H3. The minimum Gasteiger partial charge on any atom is -0.487 e. The van der Waals surface area contributed by atoms with Gasteiger partial charge >= 0.3 is 0 Å². The number of pyridine rings is 1. The average molecular weight is 527 g/mol. The van der Waals surface area contributed by atoms with Crippen LogP contribution in [0.2, 0.25) is 0 Å². The molecule has 1 saturated heterocycles. The highest BCUT2D eigenvalue weighted by atomic mass is 19.1. The Balaban J connectivity index is 1.46. The maximum absolute atomic E-state index is 14.1. The van der Waals surface area contributed by atoms with E-state index in [9.17, 15) is 18.3 Å². The van der Waals surface area contributed by atoms with Crippen LogP contribution in [-0.2, 0) is 6.80 Å². The number of nitrogens with zero attached hydrogens (tertiary/aromatic N) is 6. The number of ether oxygens (including phenoxy) is 1. The van der Waals surface area contributed by atoms with Crippen LogP contribution in [0.3, 0.4) is 0 Å². The molecule has 4 heterocycles. The molecule has 1 fully saturated rings. The van der Waals surface area contributed by atoms with Gasteiger partial charge in [-0.1, -0.05) is 6.92 Å². The van der Waals surface area contributed by atoms with E-state index in [1.165, 1.54) is 16.8 Å². The number of aliphatic hydroxyl groups is 1. The number of hydrogen-bond acceptors (Lipinski definition) is 7. The summed E-state index contributed by atoms with van der Waals surface area (Å²) in [5.74, 6) is -0.992. The van der Waals surface area contributed by atoms with E-state index in [-0.39, 0.29) is 17.8 Å². The van der Waals surface area contributed by atoms with Crippen LogP contribution in [0.25, 0.3) is 22.3 Å². The predicted molar refractivity (Wildman–Crippen MR) is 137 cm³/mol. The van der Waals surface area contributed by atoms with Gasteiger partial charge in [-0.05, 0) is 32.0 Å². The van der Waals surface area contributed by atoms with Crippen molar-refractivity contribution in [3.05, 3.63) is 60.2 Å². The van der Waals surface area contributed by atoms with Crippen LogP contribution >= 0.6 is 0 Å². The smallest absolute Gasteiger partial charge is 0.181 e. The van der Waals surface area contributed by atoms with Crippen molar-refractivity contribution in [1.29, 1.82) is 0 Å². The van der Waals surface area contributed by atoms with Crippen molar-refractivity contribution in [2.75, 3.05) is 18.0 Å². The molecule has 0 bridgehead atoms. The SMILES string of the molecule is CC(c1cc2nc(N3CCC(Oc4ccc(F)cc4F)CC3)c(-c3cnn(CF)c3)nc2cn1)C(C)(C)O. The van der Waals surface area contributed by atoms with Gasteiger partial charge in [-0.25, -0.2) is 27.8 Å². The van der Waals surface area contributed by atoms with Crippen molar-refractivity contribution in [3.8, 4) is 17.0 Å². The van der Waals surface area contributed by atoms with Gasteiger partial charge in [0.05, 0.1) is 23.5 Å². The number of piperidine rings is 1. The van der Waals surface area contributed by atoms with E-state index in [2.05, 4.69) is 15.0 Å². The Hall–Kier alpha value is -3.73. The summed E-state index contributed by atoms with van der Waals surface area (Å²) in [5.41, 5.74) is 2.07. The Bertz CT molecular complexity index is 1450. The first-order valence-corrected chi connectivity index (χ1v) is 12.5. The molecule has 0 amide bonds. The number of halogens is 3. The van der Waals surface area contributed by atoms with E-state index in [0.717, 1.165) is 6.07 Å². The first-order valence-electron chi connectivity index (χ1n) is 12.5. The third-order valence-electron chi connectivity index (χ3n) is 7.01. The van der Waals surface area contributed by atoms with Crippen LogP contribution in [0.15, 0.2) is 42.9 Å². The molecule has 1 unspecified atom stereocenters. The van der Waals surface area contributed by atoms with E-state index < -0.39 is 24.0 Å². The lowest BCUT2D eigenvalue weighted by Gasteiger charge is -2.33. The summed E-state index contributed by atoms with van der Waals surface area (Å²) in [6.07, 6.45) is 5.66. The summed E-state index contributed by atoms with van der Waals surface area (Å²) >= 11 is 0. The molecule has 4 aromatic rings. The molecule has 3 aromatic heterocycles. The van der Waals surface area contributed by atoms with Gasteiger partial charge in [0.2, 0.25) is 0 Å². The fourth-order valence-electron chi connectivity index (χ4n) is 4.47. The molecule has 1 aliphatic heterocycles. The summed E-state index contributed by atoms with van der Waals surface area (Å²) < 4.78 is 47.5. The number of anilines is 1. The van der Waals surface area contributed by atoms with Crippen molar-refractivity contribution in [2.45, 2.75) is 58.0 Å². The first kappa shape index (κ1) is 25.9. The summed E-state index contributed by atoms with van der Waals surface area (Å²) in [5, 5.41) is 14.5. The highest BCUT2D eigenvalue weighted by Gasteiger charge is 2.28. The molecule has 1 atom stereocenters. The van der Waals surface area contributed by atoms with Gasteiger partial charge in [-0.2, -0.15) is 5.10 Å². The number of hydrogen-bond donors (Lipinski definition) is 1. The van der Waals surface area contributed by atoms with Crippen LogP contribution < -0.4 is 9.64 Å². The molecule has 38 heavy (non-hydrogen) atoms. The Labute approximate surface area is 218 Å². The zero-order valence-corrected chi connectivity index (χ0v) is 21.4. The second kappa shape index (κ2) is 10.2. The van der Waals surface area contributed by atoms with Crippen LogP contribution in [-0.4, -0.2) is 54.6 Å². The molecule has 1 aliphatic rings. The summed E-state index contributed by atoms with van der Waals surface area (Å²) in [6.45, 7) is 5.70. The van der Waals surface area contributed by atoms with Gasteiger partial charge in [0.15, 0.2) is 24.2 Å². The molecule has 0 aliphatic carbocycles. The van der Waals surface area contributed by atoms with E-state index in [4.69, 9.17) is 14.7 Å².